The Bertz CT molecular complexity index is 825. The smallest absolute Gasteiger partial charge is 0.263 e. The predicted octanol–water partition coefficient (Wildman–Crippen LogP) is 4.03. The van der Waals surface area contributed by atoms with Crippen molar-refractivity contribution in [2.75, 3.05) is 6.26 Å². The Morgan fingerprint density at radius 3 is 2.70 bits per heavy atom. The zero-order valence-corrected chi connectivity index (χ0v) is 14.8. The van der Waals surface area contributed by atoms with Crippen molar-refractivity contribution >= 4 is 23.4 Å². The summed E-state index contributed by atoms with van der Waals surface area (Å²) in [7, 11) is 1.79. The molecule has 0 unspecified atom stereocenters. The van der Waals surface area contributed by atoms with Crippen LogP contribution in [0.25, 0.3) is 23.0 Å². The highest BCUT2D eigenvalue weighted by atomic mass is 35.5. The van der Waals surface area contributed by atoms with Gasteiger partial charge in [0.2, 0.25) is 5.82 Å². The summed E-state index contributed by atoms with van der Waals surface area (Å²) in [5, 5.41) is 8.93. The van der Waals surface area contributed by atoms with E-state index in [2.05, 4.69) is 20.2 Å². The number of hydrogen-bond donors (Lipinski definition) is 0. The Morgan fingerprint density at radius 2 is 2.09 bits per heavy atom. The van der Waals surface area contributed by atoms with Crippen LogP contribution in [-0.2, 0) is 7.05 Å². The van der Waals surface area contributed by atoms with Gasteiger partial charge in [-0.3, -0.25) is 9.67 Å². The van der Waals surface area contributed by atoms with Crippen LogP contribution in [0, 0.1) is 0 Å². The van der Waals surface area contributed by atoms with Gasteiger partial charge in [-0.2, -0.15) is 10.1 Å². The van der Waals surface area contributed by atoms with Crippen LogP contribution in [0.1, 0.15) is 25.5 Å². The van der Waals surface area contributed by atoms with Gasteiger partial charge < -0.3 is 4.52 Å². The molecule has 0 saturated heterocycles. The molecular weight excluding hydrogens is 334 g/mol. The lowest BCUT2D eigenvalue weighted by molar-refractivity contribution is 0.431. The molecule has 3 heterocycles. The van der Waals surface area contributed by atoms with Gasteiger partial charge >= 0.3 is 0 Å². The number of rotatable bonds is 4. The highest BCUT2D eigenvalue weighted by molar-refractivity contribution is 7.98. The maximum Gasteiger partial charge on any atom is 0.263 e. The molecule has 0 bridgehead atoms. The molecule has 23 heavy (non-hydrogen) atoms. The Morgan fingerprint density at radius 1 is 1.30 bits per heavy atom. The van der Waals surface area contributed by atoms with Gasteiger partial charge in [-0.25, -0.2) is 0 Å². The normalized spacial score (nSPS) is 11.4. The van der Waals surface area contributed by atoms with Gasteiger partial charge in [-0.15, -0.1) is 11.8 Å². The maximum atomic E-state index is 6.34. The lowest BCUT2D eigenvalue weighted by atomic mass is 10.1. The molecule has 120 valence electrons. The number of thioether (sulfide) groups is 1. The van der Waals surface area contributed by atoms with Gasteiger partial charge in [0.1, 0.15) is 16.4 Å². The van der Waals surface area contributed by atoms with E-state index in [9.17, 15) is 0 Å². The number of aromatic nitrogens is 5. The molecule has 0 fully saturated rings. The third-order valence-electron chi connectivity index (χ3n) is 3.39. The molecule has 0 N–H and O–H groups in total. The lowest BCUT2D eigenvalue weighted by Crippen LogP contribution is -1.94. The minimum absolute atomic E-state index is 0.193. The Balaban J connectivity index is 2.02. The van der Waals surface area contributed by atoms with E-state index in [4.69, 9.17) is 16.1 Å². The van der Waals surface area contributed by atoms with Crippen molar-refractivity contribution in [1.82, 2.24) is 24.9 Å². The van der Waals surface area contributed by atoms with Gasteiger partial charge in [0.25, 0.3) is 5.89 Å². The van der Waals surface area contributed by atoms with Crippen LogP contribution in [0.2, 0.25) is 5.15 Å². The number of aryl methyl sites for hydroxylation is 1. The van der Waals surface area contributed by atoms with Crippen molar-refractivity contribution in [3.63, 3.8) is 0 Å². The molecule has 0 radical (unpaired) electrons. The van der Waals surface area contributed by atoms with Crippen LogP contribution in [0.15, 0.2) is 27.7 Å². The Kier molecular flexibility index (Phi) is 4.41. The van der Waals surface area contributed by atoms with Gasteiger partial charge in [0.15, 0.2) is 0 Å². The van der Waals surface area contributed by atoms with E-state index in [0.717, 1.165) is 10.6 Å². The minimum atomic E-state index is 0.193. The van der Waals surface area contributed by atoms with Crippen molar-refractivity contribution in [3.05, 3.63) is 29.2 Å². The molecule has 0 saturated carbocycles. The second-order valence-corrected chi connectivity index (χ2v) is 6.57. The fourth-order valence-electron chi connectivity index (χ4n) is 2.19. The Hall–Kier alpha value is -1.86. The number of halogens is 1. The molecular formula is C15H16ClN5OS. The fourth-order valence-corrected chi connectivity index (χ4v) is 2.76. The molecule has 8 heteroatoms. The highest BCUT2D eigenvalue weighted by Crippen LogP contribution is 2.34. The molecule has 0 amide bonds. The van der Waals surface area contributed by atoms with Crippen molar-refractivity contribution in [2.45, 2.75) is 24.7 Å². The summed E-state index contributed by atoms with van der Waals surface area (Å²) in [5.74, 6) is 0.984. The summed E-state index contributed by atoms with van der Waals surface area (Å²) in [6.07, 6.45) is 3.79. The first-order valence-corrected chi connectivity index (χ1v) is 8.68. The predicted molar refractivity (Wildman–Crippen MR) is 90.6 cm³/mol. The van der Waals surface area contributed by atoms with E-state index in [1.807, 2.05) is 32.2 Å². The van der Waals surface area contributed by atoms with E-state index in [-0.39, 0.29) is 5.92 Å². The quantitative estimate of drug-likeness (QED) is 0.662. The summed E-state index contributed by atoms with van der Waals surface area (Å²) in [4.78, 5) is 9.87. The third-order valence-corrected chi connectivity index (χ3v) is 4.54. The monoisotopic (exact) mass is 349 g/mol. The molecule has 0 atom stereocenters. The van der Waals surface area contributed by atoms with Crippen LogP contribution in [0.5, 0.6) is 0 Å². The number of nitrogens with zero attached hydrogens (tertiary/aromatic N) is 5. The summed E-state index contributed by atoms with van der Waals surface area (Å²) >= 11 is 7.97. The zero-order valence-electron chi connectivity index (χ0n) is 13.2. The first-order valence-electron chi connectivity index (χ1n) is 7.08. The fraction of sp³-hybridized carbons (Fsp3) is 0.333. The highest BCUT2D eigenvalue weighted by Gasteiger charge is 2.24. The van der Waals surface area contributed by atoms with E-state index in [1.165, 1.54) is 0 Å². The van der Waals surface area contributed by atoms with Gasteiger partial charge in [0, 0.05) is 18.1 Å². The summed E-state index contributed by atoms with van der Waals surface area (Å²) in [6, 6.07) is 3.84. The average molecular weight is 350 g/mol. The van der Waals surface area contributed by atoms with Gasteiger partial charge in [-0.1, -0.05) is 30.6 Å². The van der Waals surface area contributed by atoms with Crippen LogP contribution >= 0.6 is 23.4 Å². The second-order valence-electron chi connectivity index (χ2n) is 5.34. The minimum Gasteiger partial charge on any atom is -0.333 e. The van der Waals surface area contributed by atoms with E-state index >= 15 is 0 Å². The molecule has 0 aliphatic carbocycles. The van der Waals surface area contributed by atoms with Crippen LogP contribution in [0.3, 0.4) is 0 Å². The zero-order chi connectivity index (χ0) is 16.6. The van der Waals surface area contributed by atoms with Crippen LogP contribution in [0.4, 0.5) is 0 Å². The first-order chi connectivity index (χ1) is 11.0. The SMILES string of the molecule is CSc1ccc(-c2noc(-c3c(C(C)C)nn(C)c3Cl)n2)nc1. The molecule has 6 nitrogen and oxygen atoms in total. The van der Waals surface area contributed by atoms with E-state index < -0.39 is 0 Å². The van der Waals surface area contributed by atoms with Crippen molar-refractivity contribution in [3.8, 4) is 23.0 Å². The number of hydrogen-bond acceptors (Lipinski definition) is 6. The van der Waals surface area contributed by atoms with Crippen molar-refractivity contribution < 1.29 is 4.52 Å². The van der Waals surface area contributed by atoms with Crippen molar-refractivity contribution in [2.24, 2.45) is 7.05 Å². The van der Waals surface area contributed by atoms with Crippen LogP contribution < -0.4 is 0 Å². The number of pyridine rings is 1. The topological polar surface area (TPSA) is 69.6 Å². The maximum absolute atomic E-state index is 6.34. The molecule has 0 aromatic carbocycles. The largest absolute Gasteiger partial charge is 0.333 e. The van der Waals surface area contributed by atoms with Gasteiger partial charge in [0.05, 0.1) is 5.69 Å². The first kappa shape index (κ1) is 16.0. The van der Waals surface area contributed by atoms with E-state index in [1.54, 1.807) is 29.7 Å². The summed E-state index contributed by atoms with van der Waals surface area (Å²) < 4.78 is 7.02. The van der Waals surface area contributed by atoms with Gasteiger partial charge in [-0.05, 0) is 24.3 Å². The molecule has 3 rings (SSSR count). The standard InChI is InChI=1S/C15H16ClN5OS/c1-8(2)12-11(13(16)21(3)19-12)15-18-14(20-22-15)10-6-5-9(23-4)7-17-10/h5-8H,1-4H3. The second kappa shape index (κ2) is 6.33. The summed E-state index contributed by atoms with van der Waals surface area (Å²) in [5.41, 5.74) is 2.17. The average Bonchev–Trinajstić information content (AvgIpc) is 3.13. The van der Waals surface area contributed by atoms with E-state index in [0.29, 0.717) is 28.1 Å². The molecule has 3 aromatic heterocycles. The third kappa shape index (κ3) is 2.98. The molecule has 3 aromatic rings. The molecule has 0 aliphatic rings. The van der Waals surface area contributed by atoms with Crippen LogP contribution in [-0.4, -0.2) is 31.2 Å². The summed E-state index contributed by atoms with van der Waals surface area (Å²) in [6.45, 7) is 4.09. The van der Waals surface area contributed by atoms with Crippen molar-refractivity contribution in [1.29, 1.82) is 0 Å². The lowest BCUT2D eigenvalue weighted by Gasteiger charge is -2.01. The Labute approximate surface area is 143 Å². The molecule has 0 aliphatic heterocycles. The molecule has 0 spiro atoms.